The summed E-state index contributed by atoms with van der Waals surface area (Å²) in [5.41, 5.74) is 8.84. The third-order valence-corrected chi connectivity index (χ3v) is 3.57. The highest BCUT2D eigenvalue weighted by Gasteiger charge is 2.27. The summed E-state index contributed by atoms with van der Waals surface area (Å²) in [6, 6.07) is 9.06. The molecular weight excluding hydrogens is 222 g/mol. The van der Waals surface area contributed by atoms with Gasteiger partial charge in [0.1, 0.15) is 0 Å². The molecule has 0 spiro atoms. The minimum absolute atomic E-state index is 0.293. The van der Waals surface area contributed by atoms with E-state index < -0.39 is 0 Å². The Balaban J connectivity index is 2.02. The Kier molecular flexibility index (Phi) is 4.75. The molecule has 0 aromatic heterocycles. The van der Waals surface area contributed by atoms with E-state index in [4.69, 9.17) is 5.73 Å². The standard InChI is InChI=1S/C15H25N3/c1-18(2)10-9-17-15(11-16)14-6-4-3-5-13(14)12-7-8-12/h3-6,12,15,17H,7-11,16H2,1-2H3. The predicted octanol–water partition coefficient (Wildman–Crippen LogP) is 1.72. The molecule has 1 aromatic rings. The second-order valence-corrected chi connectivity index (χ2v) is 5.45. The van der Waals surface area contributed by atoms with E-state index in [0.29, 0.717) is 12.6 Å². The van der Waals surface area contributed by atoms with Gasteiger partial charge in [0.15, 0.2) is 0 Å². The van der Waals surface area contributed by atoms with Crippen LogP contribution >= 0.6 is 0 Å². The minimum Gasteiger partial charge on any atom is -0.329 e. The van der Waals surface area contributed by atoms with E-state index in [1.165, 1.54) is 24.0 Å². The fourth-order valence-electron chi connectivity index (χ4n) is 2.38. The van der Waals surface area contributed by atoms with Gasteiger partial charge in [-0.15, -0.1) is 0 Å². The normalized spacial score (nSPS) is 17.1. The van der Waals surface area contributed by atoms with E-state index in [9.17, 15) is 0 Å². The Labute approximate surface area is 110 Å². The summed E-state index contributed by atoms with van der Waals surface area (Å²) >= 11 is 0. The SMILES string of the molecule is CN(C)CCNC(CN)c1ccccc1C1CC1. The van der Waals surface area contributed by atoms with Crippen molar-refractivity contribution in [1.29, 1.82) is 0 Å². The Morgan fingerprint density at radius 1 is 1.33 bits per heavy atom. The maximum atomic E-state index is 5.94. The zero-order valence-electron chi connectivity index (χ0n) is 11.5. The van der Waals surface area contributed by atoms with Gasteiger partial charge in [-0.2, -0.15) is 0 Å². The average Bonchev–Trinajstić information content (AvgIpc) is 3.19. The van der Waals surface area contributed by atoms with Gasteiger partial charge >= 0.3 is 0 Å². The van der Waals surface area contributed by atoms with Crippen LogP contribution in [-0.4, -0.2) is 38.6 Å². The molecule has 1 unspecified atom stereocenters. The van der Waals surface area contributed by atoms with Crippen LogP contribution in [0.2, 0.25) is 0 Å². The molecule has 0 bridgehead atoms. The first-order chi connectivity index (χ1) is 8.72. The molecule has 3 N–H and O–H groups in total. The fraction of sp³-hybridized carbons (Fsp3) is 0.600. The molecule has 3 heteroatoms. The molecule has 0 radical (unpaired) electrons. The molecule has 1 aromatic carbocycles. The lowest BCUT2D eigenvalue weighted by Gasteiger charge is -2.21. The quantitative estimate of drug-likeness (QED) is 0.771. The van der Waals surface area contributed by atoms with Gasteiger partial charge in [0.25, 0.3) is 0 Å². The lowest BCUT2D eigenvalue weighted by Crippen LogP contribution is -2.34. The van der Waals surface area contributed by atoms with E-state index >= 15 is 0 Å². The zero-order valence-corrected chi connectivity index (χ0v) is 11.5. The summed E-state index contributed by atoms with van der Waals surface area (Å²) in [4.78, 5) is 2.19. The summed E-state index contributed by atoms with van der Waals surface area (Å²) in [7, 11) is 4.19. The van der Waals surface area contributed by atoms with Crippen molar-refractivity contribution >= 4 is 0 Å². The van der Waals surface area contributed by atoms with Crippen LogP contribution in [0.15, 0.2) is 24.3 Å². The highest BCUT2D eigenvalue weighted by Crippen LogP contribution is 2.42. The maximum Gasteiger partial charge on any atom is 0.0447 e. The molecule has 0 aliphatic heterocycles. The molecule has 100 valence electrons. The first-order valence-corrected chi connectivity index (χ1v) is 6.89. The number of likely N-dealkylation sites (N-methyl/N-ethyl adjacent to an activating group) is 1. The first kappa shape index (κ1) is 13.5. The number of nitrogens with two attached hydrogens (primary N) is 1. The lowest BCUT2D eigenvalue weighted by atomic mass is 9.97. The number of nitrogens with zero attached hydrogens (tertiary/aromatic N) is 1. The summed E-state index contributed by atoms with van der Waals surface area (Å²) in [6.45, 7) is 2.69. The smallest absolute Gasteiger partial charge is 0.0447 e. The van der Waals surface area contributed by atoms with E-state index in [1.807, 2.05) is 0 Å². The van der Waals surface area contributed by atoms with E-state index in [0.717, 1.165) is 19.0 Å². The van der Waals surface area contributed by atoms with Crippen LogP contribution < -0.4 is 11.1 Å². The Bertz CT molecular complexity index is 372. The molecule has 0 amide bonds. The van der Waals surface area contributed by atoms with Crippen LogP contribution in [0, 0.1) is 0 Å². The number of nitrogens with one attached hydrogen (secondary N) is 1. The van der Waals surface area contributed by atoms with Gasteiger partial charge < -0.3 is 16.0 Å². The van der Waals surface area contributed by atoms with Crippen LogP contribution in [0.5, 0.6) is 0 Å². The highest BCUT2D eigenvalue weighted by molar-refractivity contribution is 5.35. The van der Waals surface area contributed by atoms with E-state index in [2.05, 4.69) is 48.6 Å². The van der Waals surface area contributed by atoms with Crippen molar-refractivity contribution in [1.82, 2.24) is 10.2 Å². The molecule has 18 heavy (non-hydrogen) atoms. The van der Waals surface area contributed by atoms with Crippen LogP contribution in [-0.2, 0) is 0 Å². The van der Waals surface area contributed by atoms with Crippen molar-refractivity contribution in [2.45, 2.75) is 24.8 Å². The monoisotopic (exact) mass is 247 g/mol. The second kappa shape index (κ2) is 6.32. The van der Waals surface area contributed by atoms with E-state index in [1.54, 1.807) is 0 Å². The van der Waals surface area contributed by atoms with Crippen molar-refractivity contribution in [2.75, 3.05) is 33.7 Å². The van der Waals surface area contributed by atoms with Crippen molar-refractivity contribution in [3.63, 3.8) is 0 Å². The Morgan fingerprint density at radius 2 is 2.06 bits per heavy atom. The zero-order chi connectivity index (χ0) is 13.0. The maximum absolute atomic E-state index is 5.94. The van der Waals surface area contributed by atoms with Gasteiger partial charge in [-0.25, -0.2) is 0 Å². The average molecular weight is 247 g/mol. The molecule has 0 heterocycles. The third kappa shape index (κ3) is 3.55. The van der Waals surface area contributed by atoms with E-state index in [-0.39, 0.29) is 0 Å². The van der Waals surface area contributed by atoms with Gasteiger partial charge in [0.2, 0.25) is 0 Å². The van der Waals surface area contributed by atoms with Crippen LogP contribution in [0.3, 0.4) is 0 Å². The highest BCUT2D eigenvalue weighted by atomic mass is 15.1. The third-order valence-electron chi connectivity index (χ3n) is 3.57. The van der Waals surface area contributed by atoms with Crippen molar-refractivity contribution in [3.05, 3.63) is 35.4 Å². The van der Waals surface area contributed by atoms with Gasteiger partial charge in [0, 0.05) is 25.7 Å². The summed E-state index contributed by atoms with van der Waals surface area (Å²) in [5, 5.41) is 3.57. The van der Waals surface area contributed by atoms with Gasteiger partial charge in [0.05, 0.1) is 0 Å². The van der Waals surface area contributed by atoms with Crippen LogP contribution in [0.25, 0.3) is 0 Å². The molecule has 2 rings (SSSR count). The fourth-order valence-corrected chi connectivity index (χ4v) is 2.38. The number of rotatable bonds is 7. The number of hydrogen-bond acceptors (Lipinski definition) is 3. The molecule has 1 saturated carbocycles. The molecule has 0 saturated heterocycles. The van der Waals surface area contributed by atoms with Crippen LogP contribution in [0.1, 0.15) is 35.9 Å². The van der Waals surface area contributed by atoms with Crippen LogP contribution in [0.4, 0.5) is 0 Å². The molecule has 3 nitrogen and oxygen atoms in total. The summed E-state index contributed by atoms with van der Waals surface area (Å²) in [5.74, 6) is 0.783. The molecule has 1 aliphatic rings. The number of hydrogen-bond donors (Lipinski definition) is 2. The largest absolute Gasteiger partial charge is 0.329 e. The van der Waals surface area contributed by atoms with Gasteiger partial charge in [-0.3, -0.25) is 0 Å². The van der Waals surface area contributed by atoms with Gasteiger partial charge in [-0.1, -0.05) is 24.3 Å². The Hall–Kier alpha value is -0.900. The predicted molar refractivity (Wildman–Crippen MR) is 76.8 cm³/mol. The van der Waals surface area contributed by atoms with Crippen molar-refractivity contribution in [3.8, 4) is 0 Å². The molecule has 1 atom stereocenters. The number of benzene rings is 1. The summed E-state index contributed by atoms with van der Waals surface area (Å²) < 4.78 is 0. The van der Waals surface area contributed by atoms with Gasteiger partial charge in [-0.05, 0) is 44.0 Å². The Morgan fingerprint density at radius 3 is 2.67 bits per heavy atom. The first-order valence-electron chi connectivity index (χ1n) is 6.89. The lowest BCUT2D eigenvalue weighted by molar-refractivity contribution is 0.385. The molecule has 1 aliphatic carbocycles. The summed E-state index contributed by atoms with van der Waals surface area (Å²) in [6.07, 6.45) is 2.68. The van der Waals surface area contributed by atoms with Crippen molar-refractivity contribution in [2.24, 2.45) is 5.73 Å². The second-order valence-electron chi connectivity index (χ2n) is 5.45. The topological polar surface area (TPSA) is 41.3 Å². The van der Waals surface area contributed by atoms with Crippen molar-refractivity contribution < 1.29 is 0 Å². The molecular formula is C15H25N3. The molecule has 1 fully saturated rings. The minimum atomic E-state index is 0.293.